The van der Waals surface area contributed by atoms with E-state index in [9.17, 15) is 4.79 Å². The highest BCUT2D eigenvalue weighted by Crippen LogP contribution is 2.16. The maximum Gasteiger partial charge on any atom is 0.187 e. The van der Waals surface area contributed by atoms with Crippen molar-refractivity contribution in [2.45, 2.75) is 0 Å². The number of pyridine rings is 1. The molecule has 0 saturated carbocycles. The molecule has 0 atom stereocenters. The molecule has 0 aliphatic heterocycles. The van der Waals surface area contributed by atoms with Gasteiger partial charge in [0.25, 0.3) is 0 Å². The molecule has 20 heavy (non-hydrogen) atoms. The fourth-order valence-electron chi connectivity index (χ4n) is 2.09. The number of rotatable bonds is 3. The maximum absolute atomic E-state index is 12.0. The second kappa shape index (κ2) is 5.49. The predicted molar refractivity (Wildman–Crippen MR) is 81.5 cm³/mol. The Bertz CT molecular complexity index is 776. The van der Waals surface area contributed by atoms with Gasteiger partial charge in [0.2, 0.25) is 0 Å². The molecule has 2 heteroatoms. The van der Waals surface area contributed by atoms with Gasteiger partial charge in [0, 0.05) is 18.0 Å². The number of aromatic nitrogens is 1. The van der Waals surface area contributed by atoms with Crippen LogP contribution >= 0.6 is 0 Å². The Kier molecular flexibility index (Phi) is 3.38. The van der Waals surface area contributed by atoms with Gasteiger partial charge in [-0.3, -0.25) is 9.78 Å². The summed E-state index contributed by atoms with van der Waals surface area (Å²) in [6.07, 6.45) is 6.65. The second-order valence-corrected chi connectivity index (χ2v) is 4.55. The van der Waals surface area contributed by atoms with Crippen molar-refractivity contribution in [3.63, 3.8) is 0 Å². The van der Waals surface area contributed by atoms with Crippen molar-refractivity contribution in [1.82, 2.24) is 4.98 Å². The maximum atomic E-state index is 12.0. The molecule has 0 N–H and O–H groups in total. The standard InChI is InChI=1S/C18H13NO/c20-18(17-6-3-11-19-13-17)10-8-14-7-9-15-4-1-2-5-16(15)12-14/h1-13H. The van der Waals surface area contributed by atoms with E-state index < -0.39 is 0 Å². The van der Waals surface area contributed by atoms with Crippen LogP contribution < -0.4 is 0 Å². The van der Waals surface area contributed by atoms with E-state index in [2.05, 4.69) is 29.2 Å². The molecule has 1 heterocycles. The third kappa shape index (κ3) is 2.64. The van der Waals surface area contributed by atoms with E-state index in [0.717, 1.165) is 5.56 Å². The molecular formula is C18H13NO. The summed E-state index contributed by atoms with van der Waals surface area (Å²) in [4.78, 5) is 15.9. The van der Waals surface area contributed by atoms with Crippen LogP contribution in [0.25, 0.3) is 16.8 Å². The van der Waals surface area contributed by atoms with Crippen LogP contribution in [0.2, 0.25) is 0 Å². The largest absolute Gasteiger partial charge is 0.289 e. The average Bonchev–Trinajstić information content (AvgIpc) is 2.53. The predicted octanol–water partition coefficient (Wildman–Crippen LogP) is 4.13. The normalized spacial score (nSPS) is 11.0. The molecule has 0 radical (unpaired) electrons. The van der Waals surface area contributed by atoms with Crippen LogP contribution in [0.1, 0.15) is 15.9 Å². The van der Waals surface area contributed by atoms with Gasteiger partial charge < -0.3 is 0 Å². The highest BCUT2D eigenvalue weighted by atomic mass is 16.1. The Morgan fingerprint density at radius 2 is 1.80 bits per heavy atom. The molecule has 1 aromatic heterocycles. The number of fused-ring (bicyclic) bond motifs is 1. The van der Waals surface area contributed by atoms with Crippen LogP contribution in [0, 0.1) is 0 Å². The number of carbonyl (C=O) groups excluding carboxylic acids is 1. The van der Waals surface area contributed by atoms with Crippen LogP contribution in [0.3, 0.4) is 0 Å². The Hall–Kier alpha value is -2.74. The lowest BCUT2D eigenvalue weighted by Gasteiger charge is -1.99. The van der Waals surface area contributed by atoms with E-state index >= 15 is 0 Å². The summed E-state index contributed by atoms with van der Waals surface area (Å²) in [7, 11) is 0. The quantitative estimate of drug-likeness (QED) is 0.523. The van der Waals surface area contributed by atoms with E-state index in [1.165, 1.54) is 10.8 Å². The van der Waals surface area contributed by atoms with E-state index in [0.29, 0.717) is 5.56 Å². The van der Waals surface area contributed by atoms with Gasteiger partial charge in [-0.2, -0.15) is 0 Å². The molecule has 3 rings (SSSR count). The monoisotopic (exact) mass is 259 g/mol. The number of allylic oxidation sites excluding steroid dienone is 1. The summed E-state index contributed by atoms with van der Waals surface area (Å²) in [5, 5.41) is 2.37. The van der Waals surface area contributed by atoms with Crippen LogP contribution in [-0.4, -0.2) is 10.8 Å². The smallest absolute Gasteiger partial charge is 0.187 e. The number of hydrogen-bond donors (Lipinski definition) is 0. The zero-order valence-electron chi connectivity index (χ0n) is 10.9. The third-order valence-corrected chi connectivity index (χ3v) is 3.15. The molecule has 0 unspecified atom stereocenters. The molecule has 0 aliphatic carbocycles. The van der Waals surface area contributed by atoms with Gasteiger partial charge in [0.15, 0.2) is 5.78 Å². The average molecular weight is 259 g/mol. The molecule has 0 saturated heterocycles. The minimum Gasteiger partial charge on any atom is -0.289 e. The van der Waals surface area contributed by atoms with Crippen molar-refractivity contribution in [1.29, 1.82) is 0 Å². The molecule has 2 aromatic carbocycles. The lowest BCUT2D eigenvalue weighted by atomic mass is 10.1. The second-order valence-electron chi connectivity index (χ2n) is 4.55. The number of carbonyl (C=O) groups is 1. The molecular weight excluding hydrogens is 246 g/mol. The fourth-order valence-corrected chi connectivity index (χ4v) is 2.09. The van der Waals surface area contributed by atoms with Gasteiger partial charge in [-0.1, -0.05) is 42.5 Å². The Balaban J connectivity index is 1.85. The summed E-state index contributed by atoms with van der Waals surface area (Å²) < 4.78 is 0. The first kappa shape index (κ1) is 12.3. The van der Waals surface area contributed by atoms with Crippen molar-refractivity contribution < 1.29 is 4.79 Å². The summed E-state index contributed by atoms with van der Waals surface area (Å²) in [6.45, 7) is 0. The highest BCUT2D eigenvalue weighted by Gasteiger charge is 2.00. The van der Waals surface area contributed by atoms with Gasteiger partial charge in [0.05, 0.1) is 0 Å². The lowest BCUT2D eigenvalue weighted by Crippen LogP contribution is -1.93. The van der Waals surface area contributed by atoms with Gasteiger partial charge in [-0.15, -0.1) is 0 Å². The SMILES string of the molecule is O=C(C=Cc1ccc2ccccc2c1)c1cccnc1. The molecule has 0 spiro atoms. The summed E-state index contributed by atoms with van der Waals surface area (Å²) in [5.41, 5.74) is 1.62. The summed E-state index contributed by atoms with van der Waals surface area (Å²) in [5.74, 6) is -0.0359. The first-order valence-corrected chi connectivity index (χ1v) is 6.44. The van der Waals surface area contributed by atoms with E-state index in [4.69, 9.17) is 0 Å². The van der Waals surface area contributed by atoms with Gasteiger partial charge in [-0.25, -0.2) is 0 Å². The first-order valence-electron chi connectivity index (χ1n) is 6.44. The molecule has 0 fully saturated rings. The molecule has 3 aromatic rings. The summed E-state index contributed by atoms with van der Waals surface area (Å²) >= 11 is 0. The Morgan fingerprint density at radius 3 is 2.60 bits per heavy atom. The number of hydrogen-bond acceptors (Lipinski definition) is 2. The van der Waals surface area contributed by atoms with Crippen molar-refractivity contribution in [2.24, 2.45) is 0 Å². The van der Waals surface area contributed by atoms with Crippen LogP contribution in [0.15, 0.2) is 73.1 Å². The van der Waals surface area contributed by atoms with Crippen molar-refractivity contribution >= 4 is 22.6 Å². The molecule has 0 bridgehead atoms. The van der Waals surface area contributed by atoms with Crippen molar-refractivity contribution in [3.8, 4) is 0 Å². The first-order chi connectivity index (χ1) is 9.83. The Morgan fingerprint density at radius 1 is 0.950 bits per heavy atom. The van der Waals surface area contributed by atoms with Gasteiger partial charge >= 0.3 is 0 Å². The van der Waals surface area contributed by atoms with Crippen LogP contribution in [0.5, 0.6) is 0 Å². The molecule has 96 valence electrons. The zero-order valence-corrected chi connectivity index (χ0v) is 10.9. The topological polar surface area (TPSA) is 30.0 Å². The minimum absolute atomic E-state index is 0.0359. The van der Waals surface area contributed by atoms with Gasteiger partial charge in [0.1, 0.15) is 0 Å². The van der Waals surface area contributed by atoms with Gasteiger partial charge in [-0.05, 0) is 40.6 Å². The van der Waals surface area contributed by atoms with E-state index in [1.54, 1.807) is 30.6 Å². The number of ketones is 1. The van der Waals surface area contributed by atoms with E-state index in [-0.39, 0.29) is 5.78 Å². The molecule has 0 amide bonds. The Labute approximate surface area is 117 Å². The van der Waals surface area contributed by atoms with Crippen molar-refractivity contribution in [2.75, 3.05) is 0 Å². The third-order valence-electron chi connectivity index (χ3n) is 3.15. The van der Waals surface area contributed by atoms with Crippen LogP contribution in [0.4, 0.5) is 0 Å². The lowest BCUT2D eigenvalue weighted by molar-refractivity contribution is 0.104. The highest BCUT2D eigenvalue weighted by molar-refractivity contribution is 6.06. The fraction of sp³-hybridized carbons (Fsp3) is 0. The number of nitrogens with zero attached hydrogens (tertiary/aromatic N) is 1. The number of benzene rings is 2. The van der Waals surface area contributed by atoms with E-state index in [1.807, 2.05) is 24.3 Å². The zero-order chi connectivity index (χ0) is 13.8. The van der Waals surface area contributed by atoms with Crippen molar-refractivity contribution in [3.05, 3.63) is 84.2 Å². The van der Waals surface area contributed by atoms with Crippen LogP contribution in [-0.2, 0) is 0 Å². The molecule has 0 aliphatic rings. The molecule has 2 nitrogen and oxygen atoms in total. The minimum atomic E-state index is -0.0359. The summed E-state index contributed by atoms with van der Waals surface area (Å²) in [6, 6.07) is 17.8.